The van der Waals surface area contributed by atoms with Gasteiger partial charge in [0.2, 0.25) is 5.95 Å². The molecule has 2 N–H and O–H groups in total. The van der Waals surface area contributed by atoms with Crippen LogP contribution >= 0.6 is 0 Å². The van der Waals surface area contributed by atoms with Crippen molar-refractivity contribution in [1.82, 2.24) is 9.97 Å². The van der Waals surface area contributed by atoms with E-state index in [4.69, 9.17) is 4.74 Å². The van der Waals surface area contributed by atoms with Crippen LogP contribution in [0.25, 0.3) is 0 Å². The van der Waals surface area contributed by atoms with Crippen LogP contribution in [-0.2, 0) is 11.3 Å². The van der Waals surface area contributed by atoms with Crippen LogP contribution in [0.2, 0.25) is 0 Å². The molecule has 8 nitrogen and oxygen atoms in total. The smallest absolute Gasteiger partial charge is 0.337 e. The van der Waals surface area contributed by atoms with E-state index in [0.717, 1.165) is 11.3 Å². The molecule has 3 aromatic rings. The first-order chi connectivity index (χ1) is 14.1. The number of anilines is 2. The number of aromatic nitrogens is 2. The van der Waals surface area contributed by atoms with Crippen molar-refractivity contribution in [3.8, 4) is 5.75 Å². The van der Waals surface area contributed by atoms with Gasteiger partial charge in [-0.1, -0.05) is 18.2 Å². The molecule has 0 saturated carbocycles. The fraction of sp³-hybridized carbons (Fsp3) is 0.143. The first-order valence-electron chi connectivity index (χ1n) is 8.79. The minimum absolute atomic E-state index is 0.208. The van der Waals surface area contributed by atoms with Crippen molar-refractivity contribution in [3.63, 3.8) is 0 Å². The molecule has 0 aliphatic heterocycles. The van der Waals surface area contributed by atoms with E-state index in [0.29, 0.717) is 23.7 Å². The Kier molecular flexibility index (Phi) is 6.36. The predicted molar refractivity (Wildman–Crippen MR) is 108 cm³/mol. The molecule has 0 aliphatic rings. The predicted octanol–water partition coefficient (Wildman–Crippen LogP) is 3.14. The number of para-hydroxylation sites is 1. The molecule has 0 unspecified atom stereocenters. The van der Waals surface area contributed by atoms with Crippen molar-refractivity contribution in [3.05, 3.63) is 77.6 Å². The van der Waals surface area contributed by atoms with E-state index >= 15 is 0 Å². The molecular formula is C21H20N4O4. The summed E-state index contributed by atoms with van der Waals surface area (Å²) in [6, 6.07) is 15.5. The highest BCUT2D eigenvalue weighted by atomic mass is 16.5. The normalized spacial score (nSPS) is 10.1. The van der Waals surface area contributed by atoms with Crippen molar-refractivity contribution < 1.29 is 19.1 Å². The molecule has 1 aromatic heterocycles. The third kappa shape index (κ3) is 5.07. The fourth-order valence-corrected chi connectivity index (χ4v) is 2.60. The third-order valence-electron chi connectivity index (χ3n) is 4.08. The summed E-state index contributed by atoms with van der Waals surface area (Å²) < 4.78 is 9.97. The highest BCUT2D eigenvalue weighted by molar-refractivity contribution is 6.03. The van der Waals surface area contributed by atoms with Crippen molar-refractivity contribution in [1.29, 1.82) is 0 Å². The summed E-state index contributed by atoms with van der Waals surface area (Å²) in [5, 5.41) is 5.82. The van der Waals surface area contributed by atoms with Crippen LogP contribution in [0.3, 0.4) is 0 Å². The average molecular weight is 392 g/mol. The molecule has 1 heterocycles. The summed E-state index contributed by atoms with van der Waals surface area (Å²) in [4.78, 5) is 32.3. The van der Waals surface area contributed by atoms with Crippen LogP contribution in [0.1, 0.15) is 26.4 Å². The number of carbonyl (C=O) groups excluding carboxylic acids is 2. The molecule has 0 bridgehead atoms. The Balaban J connectivity index is 1.65. The third-order valence-corrected chi connectivity index (χ3v) is 4.08. The number of carbonyl (C=O) groups is 2. The largest absolute Gasteiger partial charge is 0.496 e. The minimum atomic E-state index is -0.440. The molecule has 0 aliphatic carbocycles. The zero-order valence-electron chi connectivity index (χ0n) is 16.0. The van der Waals surface area contributed by atoms with Crippen LogP contribution in [0, 0.1) is 0 Å². The van der Waals surface area contributed by atoms with Gasteiger partial charge in [-0.2, -0.15) is 0 Å². The number of esters is 1. The molecular weight excluding hydrogens is 372 g/mol. The quantitative estimate of drug-likeness (QED) is 0.596. The summed E-state index contributed by atoms with van der Waals surface area (Å²) in [6.07, 6.45) is 1.51. The fourth-order valence-electron chi connectivity index (χ4n) is 2.60. The number of ether oxygens (including phenoxy) is 2. The Bertz CT molecular complexity index is 1010. The van der Waals surface area contributed by atoms with E-state index in [-0.39, 0.29) is 5.69 Å². The summed E-state index contributed by atoms with van der Waals surface area (Å²) in [6.45, 7) is 0.448. The lowest BCUT2D eigenvalue weighted by Crippen LogP contribution is -2.15. The van der Waals surface area contributed by atoms with E-state index in [9.17, 15) is 9.59 Å². The Morgan fingerprint density at radius 2 is 1.76 bits per heavy atom. The average Bonchev–Trinajstić information content (AvgIpc) is 2.78. The van der Waals surface area contributed by atoms with Crippen molar-refractivity contribution in [2.75, 3.05) is 24.9 Å². The van der Waals surface area contributed by atoms with Gasteiger partial charge in [0.15, 0.2) is 0 Å². The summed E-state index contributed by atoms with van der Waals surface area (Å²) in [5.41, 5.74) is 2.08. The second-order valence-corrected chi connectivity index (χ2v) is 5.95. The summed E-state index contributed by atoms with van der Waals surface area (Å²) >= 11 is 0. The number of hydrogen-bond acceptors (Lipinski definition) is 7. The lowest BCUT2D eigenvalue weighted by Gasteiger charge is -2.10. The maximum absolute atomic E-state index is 12.5. The topological polar surface area (TPSA) is 102 Å². The molecule has 2 aromatic carbocycles. The Hall–Kier alpha value is -3.94. The Morgan fingerprint density at radius 1 is 1.00 bits per heavy atom. The first-order valence-corrected chi connectivity index (χ1v) is 8.79. The first kappa shape index (κ1) is 19.8. The van der Waals surface area contributed by atoms with Crippen LogP contribution in [0.4, 0.5) is 11.6 Å². The van der Waals surface area contributed by atoms with Crippen LogP contribution in [0.5, 0.6) is 5.75 Å². The highest BCUT2D eigenvalue weighted by Gasteiger charge is 2.11. The van der Waals surface area contributed by atoms with Crippen LogP contribution < -0.4 is 15.4 Å². The van der Waals surface area contributed by atoms with E-state index in [1.807, 2.05) is 24.3 Å². The standard InChI is InChI=1S/C21H20N4O4/c1-28-18-6-4-3-5-15(18)13-23-21-22-12-11-17(25-21)19(26)24-16-9-7-14(8-10-16)20(27)29-2/h3-12H,13H2,1-2H3,(H,24,26)(H,22,23,25). The van der Waals surface area contributed by atoms with Gasteiger partial charge in [0.1, 0.15) is 11.4 Å². The molecule has 0 fully saturated rings. The zero-order valence-corrected chi connectivity index (χ0v) is 16.0. The van der Waals surface area contributed by atoms with E-state index in [2.05, 4.69) is 25.3 Å². The van der Waals surface area contributed by atoms with Gasteiger partial charge in [-0.25, -0.2) is 14.8 Å². The number of hydrogen-bond donors (Lipinski definition) is 2. The van der Waals surface area contributed by atoms with Crippen molar-refractivity contribution in [2.45, 2.75) is 6.54 Å². The molecule has 3 rings (SSSR count). The lowest BCUT2D eigenvalue weighted by molar-refractivity contribution is 0.0600. The molecule has 0 saturated heterocycles. The molecule has 0 radical (unpaired) electrons. The maximum atomic E-state index is 12.5. The molecule has 0 atom stereocenters. The van der Waals surface area contributed by atoms with Crippen LogP contribution in [0.15, 0.2) is 60.8 Å². The lowest BCUT2D eigenvalue weighted by atomic mass is 10.2. The van der Waals surface area contributed by atoms with Crippen molar-refractivity contribution in [2.24, 2.45) is 0 Å². The highest BCUT2D eigenvalue weighted by Crippen LogP contribution is 2.18. The molecule has 8 heteroatoms. The van der Waals surface area contributed by atoms with Crippen LogP contribution in [-0.4, -0.2) is 36.1 Å². The molecule has 0 spiro atoms. The van der Waals surface area contributed by atoms with E-state index < -0.39 is 11.9 Å². The second-order valence-electron chi connectivity index (χ2n) is 5.95. The van der Waals surface area contributed by atoms with Gasteiger partial charge >= 0.3 is 5.97 Å². The maximum Gasteiger partial charge on any atom is 0.337 e. The Morgan fingerprint density at radius 3 is 2.48 bits per heavy atom. The van der Waals surface area contributed by atoms with Gasteiger partial charge in [-0.15, -0.1) is 0 Å². The number of nitrogens with zero attached hydrogens (tertiary/aromatic N) is 2. The van der Waals surface area contributed by atoms with Gasteiger partial charge < -0.3 is 20.1 Å². The van der Waals surface area contributed by atoms with Crippen molar-refractivity contribution >= 4 is 23.5 Å². The zero-order chi connectivity index (χ0) is 20.6. The number of rotatable bonds is 7. The van der Waals surface area contributed by atoms with E-state index in [1.54, 1.807) is 31.4 Å². The monoisotopic (exact) mass is 392 g/mol. The van der Waals surface area contributed by atoms with E-state index in [1.165, 1.54) is 19.4 Å². The molecule has 29 heavy (non-hydrogen) atoms. The second kappa shape index (κ2) is 9.32. The van der Waals surface area contributed by atoms with Gasteiger partial charge in [0, 0.05) is 24.0 Å². The number of nitrogens with one attached hydrogen (secondary N) is 2. The number of methoxy groups -OCH3 is 2. The Labute approximate surface area is 167 Å². The summed E-state index contributed by atoms with van der Waals surface area (Å²) in [5.74, 6) is 0.247. The number of benzene rings is 2. The molecule has 1 amide bonds. The minimum Gasteiger partial charge on any atom is -0.496 e. The summed E-state index contributed by atoms with van der Waals surface area (Å²) in [7, 11) is 2.92. The van der Waals surface area contributed by atoms with Gasteiger partial charge in [0.25, 0.3) is 5.91 Å². The van der Waals surface area contributed by atoms with Gasteiger partial charge in [0.05, 0.1) is 19.8 Å². The SMILES string of the molecule is COC(=O)c1ccc(NC(=O)c2ccnc(NCc3ccccc3OC)n2)cc1. The molecule has 148 valence electrons. The number of amides is 1. The van der Waals surface area contributed by atoms with Gasteiger partial charge in [-0.3, -0.25) is 4.79 Å². The van der Waals surface area contributed by atoms with Gasteiger partial charge in [-0.05, 0) is 36.4 Å².